The summed E-state index contributed by atoms with van der Waals surface area (Å²) < 4.78 is 3.73. The van der Waals surface area contributed by atoms with Crippen LogP contribution in [-0.4, -0.2) is 32.1 Å². The molecule has 0 N–H and O–H groups in total. The zero-order valence-corrected chi connectivity index (χ0v) is 14.8. The molecule has 0 radical (unpaired) electrons. The van der Waals surface area contributed by atoms with Gasteiger partial charge in [0.1, 0.15) is 11.6 Å². The second kappa shape index (κ2) is 6.05. The molecule has 1 atom stereocenters. The van der Waals surface area contributed by atoms with Crippen LogP contribution < -0.4 is 0 Å². The van der Waals surface area contributed by atoms with E-state index in [0.29, 0.717) is 0 Å². The van der Waals surface area contributed by atoms with Gasteiger partial charge in [-0.3, -0.25) is 9.48 Å². The Labute approximate surface area is 146 Å². The third-order valence-corrected chi connectivity index (χ3v) is 5.61. The number of nitrogens with zero attached hydrogens (tertiary/aromatic N) is 4. The minimum absolute atomic E-state index is 0.0962. The fourth-order valence-electron chi connectivity index (χ4n) is 3.01. The zero-order chi connectivity index (χ0) is 15.8. The number of thiazole rings is 1. The van der Waals surface area contributed by atoms with Gasteiger partial charge in [-0.15, -0.1) is 11.3 Å². The van der Waals surface area contributed by atoms with E-state index in [1.54, 1.807) is 22.2 Å². The fraction of sp³-hybridized carbons (Fsp3) is 0.312. The number of carbonyl (C=O) groups is 1. The Kier molecular flexibility index (Phi) is 3.90. The van der Waals surface area contributed by atoms with E-state index in [0.717, 1.165) is 34.4 Å². The Morgan fingerprint density at radius 3 is 3.04 bits per heavy atom. The first-order chi connectivity index (χ1) is 11.2. The highest BCUT2D eigenvalue weighted by molar-refractivity contribution is 9.10. The van der Waals surface area contributed by atoms with Gasteiger partial charge in [0.2, 0.25) is 5.91 Å². The molecular weight excluding hydrogens is 376 g/mol. The summed E-state index contributed by atoms with van der Waals surface area (Å²) in [5.41, 5.74) is 1.02. The van der Waals surface area contributed by atoms with E-state index in [2.05, 4.69) is 27.1 Å². The quantitative estimate of drug-likeness (QED) is 0.685. The van der Waals surface area contributed by atoms with Crippen molar-refractivity contribution in [3.05, 3.63) is 46.1 Å². The lowest BCUT2D eigenvalue weighted by Crippen LogP contribution is -2.33. The highest BCUT2D eigenvalue weighted by Gasteiger charge is 2.32. The maximum atomic E-state index is 12.6. The molecule has 2 aromatic heterocycles. The van der Waals surface area contributed by atoms with Gasteiger partial charge in [0.05, 0.1) is 26.9 Å². The number of para-hydroxylation sites is 1. The van der Waals surface area contributed by atoms with Crippen LogP contribution in [0.15, 0.2) is 41.1 Å². The van der Waals surface area contributed by atoms with E-state index >= 15 is 0 Å². The van der Waals surface area contributed by atoms with Gasteiger partial charge >= 0.3 is 0 Å². The number of amides is 1. The number of likely N-dealkylation sites (tertiary alicyclic amines) is 1. The third kappa shape index (κ3) is 2.90. The zero-order valence-electron chi connectivity index (χ0n) is 12.4. The molecule has 23 heavy (non-hydrogen) atoms. The first-order valence-corrected chi connectivity index (χ1v) is 9.14. The molecule has 1 amide bonds. The molecule has 1 saturated heterocycles. The van der Waals surface area contributed by atoms with Gasteiger partial charge in [-0.05, 0) is 40.9 Å². The lowest BCUT2D eigenvalue weighted by molar-refractivity contribution is -0.133. The van der Waals surface area contributed by atoms with Crippen molar-refractivity contribution in [1.82, 2.24) is 19.7 Å². The lowest BCUT2D eigenvalue weighted by atomic mass is 10.2. The van der Waals surface area contributed by atoms with E-state index in [1.807, 2.05) is 29.3 Å². The number of halogens is 1. The molecule has 0 bridgehead atoms. The molecule has 0 saturated carbocycles. The highest BCUT2D eigenvalue weighted by Crippen LogP contribution is 2.36. The SMILES string of the molecule is O=C(Cn1cc(Br)cn1)N1CCCC1c1nc2ccccc2s1. The van der Waals surface area contributed by atoms with Crippen LogP contribution in [0.3, 0.4) is 0 Å². The molecule has 3 aromatic rings. The van der Waals surface area contributed by atoms with E-state index in [9.17, 15) is 4.79 Å². The number of hydrogen-bond acceptors (Lipinski definition) is 4. The van der Waals surface area contributed by atoms with Crippen LogP contribution in [0, 0.1) is 0 Å². The number of aromatic nitrogens is 3. The molecule has 1 aromatic carbocycles. The van der Waals surface area contributed by atoms with E-state index in [4.69, 9.17) is 4.98 Å². The average Bonchev–Trinajstić information content (AvgIpc) is 3.24. The molecule has 1 aliphatic heterocycles. The summed E-state index contributed by atoms with van der Waals surface area (Å²) in [5, 5.41) is 5.21. The van der Waals surface area contributed by atoms with Crippen LogP contribution in [0.4, 0.5) is 0 Å². The normalized spacial score (nSPS) is 18.0. The van der Waals surface area contributed by atoms with E-state index in [1.165, 1.54) is 4.70 Å². The first-order valence-electron chi connectivity index (χ1n) is 7.53. The summed E-state index contributed by atoms with van der Waals surface area (Å²) in [5.74, 6) is 0.0994. The summed E-state index contributed by atoms with van der Waals surface area (Å²) in [4.78, 5) is 19.3. The summed E-state index contributed by atoms with van der Waals surface area (Å²) in [7, 11) is 0. The van der Waals surface area contributed by atoms with Crippen molar-refractivity contribution < 1.29 is 4.79 Å². The Hall–Kier alpha value is -1.73. The highest BCUT2D eigenvalue weighted by atomic mass is 79.9. The van der Waals surface area contributed by atoms with Crippen LogP contribution in [0.5, 0.6) is 0 Å². The van der Waals surface area contributed by atoms with Gasteiger partial charge in [0.15, 0.2) is 0 Å². The van der Waals surface area contributed by atoms with Gasteiger partial charge in [-0.1, -0.05) is 12.1 Å². The topological polar surface area (TPSA) is 51.0 Å². The second-order valence-electron chi connectivity index (χ2n) is 5.62. The molecule has 0 aliphatic carbocycles. The Morgan fingerprint density at radius 1 is 1.39 bits per heavy atom. The maximum Gasteiger partial charge on any atom is 0.244 e. The summed E-state index contributed by atoms with van der Waals surface area (Å²) in [6, 6.07) is 8.23. The molecule has 0 spiro atoms. The van der Waals surface area contributed by atoms with E-state index < -0.39 is 0 Å². The van der Waals surface area contributed by atoms with Gasteiger partial charge in [0.25, 0.3) is 0 Å². The fourth-order valence-corrected chi connectivity index (χ4v) is 4.45. The Balaban J connectivity index is 1.57. The molecule has 5 nitrogen and oxygen atoms in total. The summed E-state index contributed by atoms with van der Waals surface area (Å²) in [6.45, 7) is 1.06. The predicted molar refractivity (Wildman–Crippen MR) is 93.2 cm³/mol. The monoisotopic (exact) mass is 390 g/mol. The molecule has 1 aliphatic rings. The second-order valence-corrected chi connectivity index (χ2v) is 7.60. The van der Waals surface area contributed by atoms with Crippen molar-refractivity contribution >= 4 is 43.4 Å². The molecular formula is C16H15BrN4OS. The van der Waals surface area contributed by atoms with Crippen molar-refractivity contribution in [2.24, 2.45) is 0 Å². The number of fused-ring (bicyclic) bond motifs is 1. The number of rotatable bonds is 3. The van der Waals surface area contributed by atoms with Crippen molar-refractivity contribution in [3.63, 3.8) is 0 Å². The smallest absolute Gasteiger partial charge is 0.244 e. The van der Waals surface area contributed by atoms with Crippen LogP contribution in [-0.2, 0) is 11.3 Å². The molecule has 4 rings (SSSR count). The van der Waals surface area contributed by atoms with Gasteiger partial charge in [0, 0.05) is 12.7 Å². The number of hydrogen-bond donors (Lipinski definition) is 0. The third-order valence-electron chi connectivity index (χ3n) is 4.07. The van der Waals surface area contributed by atoms with Crippen LogP contribution in [0.1, 0.15) is 23.9 Å². The Bertz CT molecular complexity index is 826. The number of benzene rings is 1. The van der Waals surface area contributed by atoms with Gasteiger partial charge < -0.3 is 4.90 Å². The first kappa shape index (κ1) is 14.8. The van der Waals surface area contributed by atoms with Crippen molar-refractivity contribution in [3.8, 4) is 0 Å². The van der Waals surface area contributed by atoms with Gasteiger partial charge in [-0.25, -0.2) is 4.98 Å². The lowest BCUT2D eigenvalue weighted by Gasteiger charge is -2.23. The van der Waals surface area contributed by atoms with E-state index in [-0.39, 0.29) is 18.5 Å². The largest absolute Gasteiger partial charge is 0.332 e. The Morgan fingerprint density at radius 2 is 2.26 bits per heavy atom. The summed E-state index contributed by atoms with van der Waals surface area (Å²) >= 11 is 5.05. The van der Waals surface area contributed by atoms with Crippen LogP contribution >= 0.6 is 27.3 Å². The van der Waals surface area contributed by atoms with Crippen molar-refractivity contribution in [2.45, 2.75) is 25.4 Å². The summed E-state index contributed by atoms with van der Waals surface area (Å²) in [6.07, 6.45) is 5.52. The van der Waals surface area contributed by atoms with Gasteiger partial charge in [-0.2, -0.15) is 5.10 Å². The molecule has 3 heterocycles. The molecule has 118 valence electrons. The molecule has 7 heteroatoms. The molecule has 1 fully saturated rings. The standard InChI is InChI=1S/C16H15BrN4OS/c17-11-8-18-20(9-11)10-15(22)21-7-3-5-13(21)16-19-12-4-1-2-6-14(12)23-16/h1-2,4,6,8-9,13H,3,5,7,10H2. The molecule has 1 unspecified atom stereocenters. The van der Waals surface area contributed by atoms with Crippen LogP contribution in [0.25, 0.3) is 10.2 Å². The average molecular weight is 391 g/mol. The minimum atomic E-state index is 0.0962. The maximum absolute atomic E-state index is 12.6. The van der Waals surface area contributed by atoms with Crippen molar-refractivity contribution in [1.29, 1.82) is 0 Å². The predicted octanol–water partition coefficient (Wildman–Crippen LogP) is 3.62. The van der Waals surface area contributed by atoms with Crippen molar-refractivity contribution in [2.75, 3.05) is 6.54 Å². The minimum Gasteiger partial charge on any atom is -0.332 e. The number of carbonyl (C=O) groups excluding carboxylic acids is 1. The van der Waals surface area contributed by atoms with Crippen LogP contribution in [0.2, 0.25) is 0 Å².